The Balaban J connectivity index is 2.12. The van der Waals surface area contributed by atoms with Crippen LogP contribution in [0.4, 0.5) is 0 Å². The number of aromatic nitrogens is 3. The number of pyridine rings is 2. The van der Waals surface area contributed by atoms with Gasteiger partial charge in [-0.05, 0) is 34.9 Å². The summed E-state index contributed by atoms with van der Waals surface area (Å²) in [5, 5.41) is 8.93. The molecular formula is C14H11N3O2. The Kier molecular flexibility index (Phi) is 2.72. The molecule has 0 aliphatic rings. The van der Waals surface area contributed by atoms with Crippen LogP contribution in [0.3, 0.4) is 0 Å². The van der Waals surface area contributed by atoms with Gasteiger partial charge in [0.15, 0.2) is 0 Å². The molecule has 0 fully saturated rings. The third-order valence-corrected chi connectivity index (χ3v) is 2.95. The second kappa shape index (κ2) is 4.53. The highest BCUT2D eigenvalue weighted by Gasteiger charge is 2.09. The molecule has 0 aliphatic heterocycles. The first-order valence-electron chi connectivity index (χ1n) is 5.82. The van der Waals surface area contributed by atoms with E-state index in [1.54, 1.807) is 18.6 Å². The van der Waals surface area contributed by atoms with Crippen molar-refractivity contribution in [3.63, 3.8) is 0 Å². The molecule has 0 atom stereocenters. The SMILES string of the molecule is O=C(O)Cc1cnccc1-c1ccc2nccn2c1. The number of nitrogens with zero attached hydrogens (tertiary/aromatic N) is 3. The summed E-state index contributed by atoms with van der Waals surface area (Å²) in [6.07, 6.45) is 8.75. The molecular weight excluding hydrogens is 242 g/mol. The average Bonchev–Trinajstić information content (AvgIpc) is 2.86. The third-order valence-electron chi connectivity index (χ3n) is 2.95. The van der Waals surface area contributed by atoms with Crippen LogP contribution < -0.4 is 0 Å². The summed E-state index contributed by atoms with van der Waals surface area (Å²) >= 11 is 0. The van der Waals surface area contributed by atoms with Gasteiger partial charge in [0.2, 0.25) is 0 Å². The summed E-state index contributed by atoms with van der Waals surface area (Å²) in [6, 6.07) is 5.67. The Hall–Kier alpha value is -2.69. The highest BCUT2D eigenvalue weighted by atomic mass is 16.4. The zero-order chi connectivity index (χ0) is 13.2. The van der Waals surface area contributed by atoms with Gasteiger partial charge in [0, 0.05) is 31.0 Å². The number of rotatable bonds is 3. The first-order chi connectivity index (χ1) is 9.24. The summed E-state index contributed by atoms with van der Waals surface area (Å²) < 4.78 is 1.90. The van der Waals surface area contributed by atoms with Crippen molar-refractivity contribution < 1.29 is 9.90 Å². The molecule has 0 aromatic carbocycles. The molecule has 94 valence electrons. The van der Waals surface area contributed by atoms with Crippen molar-refractivity contribution in [1.29, 1.82) is 0 Å². The van der Waals surface area contributed by atoms with Gasteiger partial charge in [-0.25, -0.2) is 4.98 Å². The predicted molar refractivity (Wildman–Crippen MR) is 69.8 cm³/mol. The van der Waals surface area contributed by atoms with Crippen LogP contribution >= 0.6 is 0 Å². The molecule has 0 spiro atoms. The first-order valence-corrected chi connectivity index (χ1v) is 5.82. The molecule has 5 heteroatoms. The standard InChI is InChI=1S/C14H11N3O2/c18-14(19)7-11-8-15-4-3-12(11)10-1-2-13-16-5-6-17(13)9-10/h1-6,8-9H,7H2,(H,18,19). The normalized spacial score (nSPS) is 10.7. The number of fused-ring (bicyclic) bond motifs is 1. The van der Waals surface area contributed by atoms with E-state index in [9.17, 15) is 4.79 Å². The van der Waals surface area contributed by atoms with E-state index >= 15 is 0 Å². The maximum absolute atomic E-state index is 10.9. The maximum atomic E-state index is 10.9. The van der Waals surface area contributed by atoms with Gasteiger partial charge >= 0.3 is 5.97 Å². The van der Waals surface area contributed by atoms with Crippen molar-refractivity contribution in [2.24, 2.45) is 0 Å². The molecule has 0 saturated carbocycles. The van der Waals surface area contributed by atoms with Crippen LogP contribution in [-0.4, -0.2) is 25.4 Å². The van der Waals surface area contributed by atoms with Crippen LogP contribution in [0.25, 0.3) is 16.8 Å². The average molecular weight is 253 g/mol. The van der Waals surface area contributed by atoms with Crippen molar-refractivity contribution in [2.75, 3.05) is 0 Å². The summed E-state index contributed by atoms with van der Waals surface area (Å²) in [7, 11) is 0. The fraction of sp³-hybridized carbons (Fsp3) is 0.0714. The van der Waals surface area contributed by atoms with Gasteiger partial charge < -0.3 is 9.51 Å². The molecule has 0 unspecified atom stereocenters. The predicted octanol–water partition coefficient (Wildman–Crippen LogP) is 2.02. The smallest absolute Gasteiger partial charge is 0.307 e. The van der Waals surface area contributed by atoms with Crippen LogP contribution in [0.2, 0.25) is 0 Å². The maximum Gasteiger partial charge on any atom is 0.307 e. The number of hydrogen-bond acceptors (Lipinski definition) is 3. The molecule has 19 heavy (non-hydrogen) atoms. The van der Waals surface area contributed by atoms with E-state index in [-0.39, 0.29) is 6.42 Å². The molecule has 0 amide bonds. The number of imidazole rings is 1. The second-order valence-electron chi connectivity index (χ2n) is 4.21. The van der Waals surface area contributed by atoms with Crippen molar-refractivity contribution in [1.82, 2.24) is 14.4 Å². The van der Waals surface area contributed by atoms with E-state index in [1.165, 1.54) is 0 Å². The van der Waals surface area contributed by atoms with Crippen LogP contribution in [0, 0.1) is 0 Å². The Morgan fingerprint density at radius 1 is 1.26 bits per heavy atom. The Labute approximate surface area is 109 Å². The summed E-state index contributed by atoms with van der Waals surface area (Å²) in [4.78, 5) is 19.1. The van der Waals surface area contributed by atoms with Gasteiger partial charge in [-0.3, -0.25) is 9.78 Å². The summed E-state index contributed by atoms with van der Waals surface area (Å²) in [5.74, 6) is -0.863. The fourth-order valence-corrected chi connectivity index (χ4v) is 2.09. The van der Waals surface area contributed by atoms with Gasteiger partial charge in [-0.2, -0.15) is 0 Å². The van der Waals surface area contributed by atoms with E-state index in [1.807, 2.05) is 35.0 Å². The topological polar surface area (TPSA) is 67.5 Å². The molecule has 0 saturated heterocycles. The zero-order valence-electron chi connectivity index (χ0n) is 10.0. The first kappa shape index (κ1) is 11.4. The molecule has 1 N–H and O–H groups in total. The summed E-state index contributed by atoms with van der Waals surface area (Å²) in [6.45, 7) is 0. The number of aliphatic carboxylic acids is 1. The highest BCUT2D eigenvalue weighted by Crippen LogP contribution is 2.23. The number of carboxylic acid groups (broad SMARTS) is 1. The van der Waals surface area contributed by atoms with Gasteiger partial charge in [-0.1, -0.05) is 0 Å². The monoisotopic (exact) mass is 253 g/mol. The molecule has 5 nitrogen and oxygen atoms in total. The van der Waals surface area contributed by atoms with Crippen LogP contribution in [0.15, 0.2) is 49.2 Å². The van der Waals surface area contributed by atoms with E-state index in [0.29, 0.717) is 5.56 Å². The summed E-state index contributed by atoms with van der Waals surface area (Å²) in [5.41, 5.74) is 3.39. The third kappa shape index (κ3) is 2.18. The largest absolute Gasteiger partial charge is 0.481 e. The minimum Gasteiger partial charge on any atom is -0.481 e. The number of carbonyl (C=O) groups is 1. The molecule has 0 aliphatic carbocycles. The van der Waals surface area contributed by atoms with Crippen molar-refractivity contribution in [3.8, 4) is 11.1 Å². The lowest BCUT2D eigenvalue weighted by atomic mass is 10.0. The molecule has 3 heterocycles. The van der Waals surface area contributed by atoms with E-state index in [0.717, 1.165) is 16.8 Å². The van der Waals surface area contributed by atoms with Gasteiger partial charge in [0.1, 0.15) is 5.65 Å². The van der Waals surface area contributed by atoms with Gasteiger partial charge in [0.25, 0.3) is 0 Å². The highest BCUT2D eigenvalue weighted by molar-refractivity contribution is 5.76. The lowest BCUT2D eigenvalue weighted by Gasteiger charge is -2.07. The lowest BCUT2D eigenvalue weighted by Crippen LogP contribution is -2.02. The van der Waals surface area contributed by atoms with E-state index in [4.69, 9.17) is 5.11 Å². The minimum absolute atomic E-state index is 0.0366. The van der Waals surface area contributed by atoms with Gasteiger partial charge in [-0.15, -0.1) is 0 Å². The van der Waals surface area contributed by atoms with Crippen LogP contribution in [0.5, 0.6) is 0 Å². The molecule has 0 bridgehead atoms. The van der Waals surface area contributed by atoms with Crippen molar-refractivity contribution in [2.45, 2.75) is 6.42 Å². The quantitative estimate of drug-likeness (QED) is 0.775. The van der Waals surface area contributed by atoms with Crippen LogP contribution in [0.1, 0.15) is 5.56 Å². The molecule has 3 aromatic rings. The molecule has 3 aromatic heterocycles. The fourth-order valence-electron chi connectivity index (χ4n) is 2.09. The number of carboxylic acids is 1. The molecule has 3 rings (SSSR count). The number of hydrogen-bond donors (Lipinski definition) is 1. The minimum atomic E-state index is -0.863. The molecule has 0 radical (unpaired) electrons. The Morgan fingerprint density at radius 3 is 3.00 bits per heavy atom. The van der Waals surface area contributed by atoms with E-state index < -0.39 is 5.97 Å². The van der Waals surface area contributed by atoms with Crippen molar-refractivity contribution >= 4 is 11.6 Å². The lowest BCUT2D eigenvalue weighted by molar-refractivity contribution is -0.136. The van der Waals surface area contributed by atoms with Crippen molar-refractivity contribution in [3.05, 3.63) is 54.7 Å². The second-order valence-corrected chi connectivity index (χ2v) is 4.21. The van der Waals surface area contributed by atoms with E-state index in [2.05, 4.69) is 9.97 Å². The Morgan fingerprint density at radius 2 is 2.16 bits per heavy atom. The Bertz CT molecular complexity index is 749. The van der Waals surface area contributed by atoms with Crippen LogP contribution in [-0.2, 0) is 11.2 Å². The van der Waals surface area contributed by atoms with Gasteiger partial charge in [0.05, 0.1) is 6.42 Å². The zero-order valence-corrected chi connectivity index (χ0v) is 10.0.